The van der Waals surface area contributed by atoms with Crippen molar-refractivity contribution >= 4 is 23.6 Å². The van der Waals surface area contributed by atoms with Crippen LogP contribution in [0.15, 0.2) is 0 Å². The van der Waals surface area contributed by atoms with Gasteiger partial charge in [-0.05, 0) is 24.9 Å². The smallest absolute Gasteiger partial charge is 0.326 e. The summed E-state index contributed by atoms with van der Waals surface area (Å²) in [6, 6.07) is -1.44. The molecule has 6 heteroatoms. The summed E-state index contributed by atoms with van der Waals surface area (Å²) in [5.41, 5.74) is 5.63. The van der Waals surface area contributed by atoms with E-state index in [1.165, 1.54) is 0 Å². The number of aliphatic carboxylic acids is 1. The van der Waals surface area contributed by atoms with Gasteiger partial charge in [-0.2, -0.15) is 11.8 Å². The maximum Gasteiger partial charge on any atom is 0.326 e. The number of amides is 1. The molecule has 2 atom stereocenters. The van der Waals surface area contributed by atoms with E-state index in [0.29, 0.717) is 19.3 Å². The van der Waals surface area contributed by atoms with Crippen LogP contribution in [0.4, 0.5) is 0 Å². The van der Waals surface area contributed by atoms with Crippen LogP contribution in [-0.4, -0.2) is 41.1 Å². The molecule has 1 amide bonds. The summed E-state index contributed by atoms with van der Waals surface area (Å²) in [5.74, 6) is -0.595. The molecule has 0 saturated heterocycles. The van der Waals surface area contributed by atoms with E-state index in [4.69, 9.17) is 10.8 Å². The average molecular weight is 248 g/mol. The Morgan fingerprint density at radius 1 is 1.44 bits per heavy atom. The number of hydrogen-bond donors (Lipinski definition) is 3. The molecule has 0 aromatic heterocycles. The van der Waals surface area contributed by atoms with E-state index in [2.05, 4.69) is 5.32 Å². The number of thioether (sulfide) groups is 1. The zero-order valence-corrected chi connectivity index (χ0v) is 10.5. The van der Waals surface area contributed by atoms with Crippen LogP contribution in [0.1, 0.15) is 26.2 Å². The Balaban J connectivity index is 4.12. The molecule has 0 heterocycles. The summed E-state index contributed by atoms with van der Waals surface area (Å²) in [5, 5.41) is 11.3. The van der Waals surface area contributed by atoms with Crippen LogP contribution in [-0.2, 0) is 9.59 Å². The SMILES string of the molecule is CCC[C@@H](NC(=O)[C@H](N)CCSC)C(=O)O. The van der Waals surface area contributed by atoms with Gasteiger partial charge in [-0.25, -0.2) is 4.79 Å². The first-order valence-electron chi connectivity index (χ1n) is 5.30. The van der Waals surface area contributed by atoms with Crippen molar-refractivity contribution < 1.29 is 14.7 Å². The largest absolute Gasteiger partial charge is 0.480 e. The lowest BCUT2D eigenvalue weighted by molar-refractivity contribution is -0.142. The van der Waals surface area contributed by atoms with Crippen molar-refractivity contribution in [2.24, 2.45) is 5.73 Å². The quantitative estimate of drug-likeness (QED) is 0.579. The van der Waals surface area contributed by atoms with E-state index in [1.807, 2.05) is 13.2 Å². The third-order valence-electron chi connectivity index (χ3n) is 2.16. The minimum Gasteiger partial charge on any atom is -0.480 e. The lowest BCUT2D eigenvalue weighted by Crippen LogP contribution is -2.48. The minimum absolute atomic E-state index is 0.380. The molecule has 0 aliphatic rings. The maximum absolute atomic E-state index is 11.5. The van der Waals surface area contributed by atoms with E-state index in [-0.39, 0.29) is 5.91 Å². The van der Waals surface area contributed by atoms with Gasteiger partial charge in [-0.1, -0.05) is 13.3 Å². The van der Waals surface area contributed by atoms with Crippen LogP contribution in [0.3, 0.4) is 0 Å². The second-order valence-electron chi connectivity index (χ2n) is 3.58. The molecule has 16 heavy (non-hydrogen) atoms. The van der Waals surface area contributed by atoms with Gasteiger partial charge in [0.25, 0.3) is 0 Å². The molecule has 0 unspecified atom stereocenters. The van der Waals surface area contributed by atoms with Crippen LogP contribution in [0.5, 0.6) is 0 Å². The van der Waals surface area contributed by atoms with Gasteiger partial charge in [0.2, 0.25) is 5.91 Å². The highest BCUT2D eigenvalue weighted by Crippen LogP contribution is 2.01. The fraction of sp³-hybridized carbons (Fsp3) is 0.800. The molecule has 94 valence electrons. The van der Waals surface area contributed by atoms with E-state index in [1.54, 1.807) is 11.8 Å². The van der Waals surface area contributed by atoms with E-state index in [0.717, 1.165) is 5.75 Å². The van der Waals surface area contributed by atoms with Gasteiger partial charge < -0.3 is 16.2 Å². The van der Waals surface area contributed by atoms with E-state index >= 15 is 0 Å². The number of carboxylic acids is 1. The van der Waals surface area contributed by atoms with Crippen molar-refractivity contribution in [2.45, 2.75) is 38.3 Å². The van der Waals surface area contributed by atoms with Gasteiger partial charge in [0.05, 0.1) is 6.04 Å². The second-order valence-corrected chi connectivity index (χ2v) is 4.56. The second kappa shape index (κ2) is 8.41. The third-order valence-corrected chi connectivity index (χ3v) is 2.81. The first kappa shape index (κ1) is 15.2. The highest BCUT2D eigenvalue weighted by atomic mass is 32.2. The number of nitrogens with two attached hydrogens (primary N) is 1. The summed E-state index contributed by atoms with van der Waals surface area (Å²) < 4.78 is 0. The highest BCUT2D eigenvalue weighted by molar-refractivity contribution is 7.98. The summed E-state index contributed by atoms with van der Waals surface area (Å²) in [6.07, 6.45) is 3.63. The zero-order chi connectivity index (χ0) is 12.6. The van der Waals surface area contributed by atoms with Crippen molar-refractivity contribution in [2.75, 3.05) is 12.0 Å². The Morgan fingerprint density at radius 3 is 2.50 bits per heavy atom. The van der Waals surface area contributed by atoms with Crippen molar-refractivity contribution in [3.63, 3.8) is 0 Å². The molecule has 0 radical (unpaired) electrons. The van der Waals surface area contributed by atoms with E-state index < -0.39 is 18.1 Å². The van der Waals surface area contributed by atoms with Gasteiger partial charge in [0.15, 0.2) is 0 Å². The molecule has 0 spiro atoms. The van der Waals surface area contributed by atoms with Crippen LogP contribution < -0.4 is 11.1 Å². The van der Waals surface area contributed by atoms with Crippen molar-refractivity contribution in [1.82, 2.24) is 5.32 Å². The molecule has 0 bridgehead atoms. The summed E-state index contributed by atoms with van der Waals surface area (Å²) in [7, 11) is 0. The normalized spacial score (nSPS) is 14.2. The molecule has 0 aliphatic heterocycles. The van der Waals surface area contributed by atoms with Gasteiger partial charge >= 0.3 is 5.97 Å². The van der Waals surface area contributed by atoms with Gasteiger partial charge in [0, 0.05) is 0 Å². The molecular weight excluding hydrogens is 228 g/mol. The van der Waals surface area contributed by atoms with Crippen molar-refractivity contribution in [1.29, 1.82) is 0 Å². The van der Waals surface area contributed by atoms with Crippen LogP contribution >= 0.6 is 11.8 Å². The number of carboxylic acid groups (broad SMARTS) is 1. The van der Waals surface area contributed by atoms with Gasteiger partial charge in [-0.15, -0.1) is 0 Å². The Kier molecular flexibility index (Phi) is 8.01. The minimum atomic E-state index is -1.01. The lowest BCUT2D eigenvalue weighted by atomic mass is 10.1. The molecular formula is C10H20N2O3S. The number of hydrogen-bond acceptors (Lipinski definition) is 4. The van der Waals surface area contributed by atoms with Crippen molar-refractivity contribution in [3.8, 4) is 0 Å². The van der Waals surface area contributed by atoms with Gasteiger partial charge in [0.1, 0.15) is 6.04 Å². The third kappa shape index (κ3) is 5.97. The summed E-state index contributed by atoms with van der Waals surface area (Å²) in [4.78, 5) is 22.3. The fourth-order valence-corrected chi connectivity index (χ4v) is 1.69. The standard InChI is InChI=1S/C10H20N2O3S/c1-3-4-8(10(14)15)12-9(13)7(11)5-6-16-2/h7-8H,3-6,11H2,1-2H3,(H,12,13)(H,14,15)/t7-,8-/m1/s1. The first-order chi connectivity index (χ1) is 7.52. The summed E-state index contributed by atoms with van der Waals surface area (Å²) >= 11 is 1.61. The van der Waals surface area contributed by atoms with Crippen molar-refractivity contribution in [3.05, 3.63) is 0 Å². The number of carbonyl (C=O) groups excluding carboxylic acids is 1. The summed E-state index contributed by atoms with van der Waals surface area (Å²) in [6.45, 7) is 1.87. The molecule has 4 N–H and O–H groups in total. The molecule has 0 aromatic carbocycles. The molecule has 0 aromatic rings. The zero-order valence-electron chi connectivity index (χ0n) is 9.73. The van der Waals surface area contributed by atoms with Crippen LogP contribution in [0.25, 0.3) is 0 Å². The topological polar surface area (TPSA) is 92.4 Å². The molecule has 0 rings (SSSR count). The predicted octanol–water partition coefficient (Wildman–Crippen LogP) is 0.436. The Bertz CT molecular complexity index is 236. The lowest BCUT2D eigenvalue weighted by Gasteiger charge is -2.16. The number of carbonyl (C=O) groups is 2. The Labute approximate surface area is 100 Å². The fourth-order valence-electron chi connectivity index (χ4n) is 1.20. The molecule has 0 aliphatic carbocycles. The Morgan fingerprint density at radius 2 is 2.06 bits per heavy atom. The van der Waals surface area contributed by atoms with Crippen LogP contribution in [0.2, 0.25) is 0 Å². The monoisotopic (exact) mass is 248 g/mol. The Hall–Kier alpha value is -0.750. The molecule has 0 saturated carbocycles. The van der Waals surface area contributed by atoms with Crippen LogP contribution in [0, 0.1) is 0 Å². The average Bonchev–Trinajstić information content (AvgIpc) is 2.24. The maximum atomic E-state index is 11.5. The molecule has 0 fully saturated rings. The van der Waals surface area contributed by atoms with E-state index in [9.17, 15) is 9.59 Å². The number of nitrogens with one attached hydrogen (secondary N) is 1. The first-order valence-corrected chi connectivity index (χ1v) is 6.70. The number of rotatable bonds is 8. The predicted molar refractivity (Wildman–Crippen MR) is 65.4 cm³/mol. The van der Waals surface area contributed by atoms with Gasteiger partial charge in [-0.3, -0.25) is 4.79 Å². The molecule has 5 nitrogen and oxygen atoms in total. The highest BCUT2D eigenvalue weighted by Gasteiger charge is 2.21.